The zero-order chi connectivity index (χ0) is 23.7. The lowest BCUT2D eigenvalue weighted by Crippen LogP contribution is -2.62. The van der Waals surface area contributed by atoms with Gasteiger partial charge < -0.3 is 9.88 Å². The summed E-state index contributed by atoms with van der Waals surface area (Å²) in [6.45, 7) is 21.2. The molecule has 0 saturated carbocycles. The van der Waals surface area contributed by atoms with Crippen LogP contribution in [0.25, 0.3) is 27.3 Å². The molecule has 4 aromatic heterocycles. The third-order valence-electron chi connectivity index (χ3n) is 7.41. The van der Waals surface area contributed by atoms with Crippen molar-refractivity contribution in [2.45, 2.75) is 72.9 Å². The minimum atomic E-state index is 0.133. The number of fused-ring (bicyclic) bond motifs is 2. The second kappa shape index (κ2) is 7.81. The minimum Gasteiger partial charge on any atom is -0.344 e. The molecule has 1 aliphatic heterocycles. The number of nitrogens with one attached hydrogen (secondary N) is 1. The molecule has 0 spiro atoms. The van der Waals surface area contributed by atoms with Crippen molar-refractivity contribution in [1.82, 2.24) is 29.5 Å². The third kappa shape index (κ3) is 3.46. The molecule has 0 aromatic carbocycles. The highest BCUT2D eigenvalue weighted by molar-refractivity contribution is 7.21. The summed E-state index contributed by atoms with van der Waals surface area (Å²) in [5.41, 5.74) is 8.17. The van der Waals surface area contributed by atoms with Gasteiger partial charge in [0.05, 0.1) is 5.69 Å². The first-order valence-electron chi connectivity index (χ1n) is 12.0. The van der Waals surface area contributed by atoms with Crippen LogP contribution < -0.4 is 4.90 Å². The molecule has 0 radical (unpaired) electrons. The molecule has 0 aliphatic carbocycles. The Bertz CT molecular complexity index is 1330. The van der Waals surface area contributed by atoms with E-state index in [-0.39, 0.29) is 5.54 Å². The summed E-state index contributed by atoms with van der Waals surface area (Å²) in [5.74, 6) is 0.348. The number of hydrogen-bond donors (Lipinski definition) is 1. The van der Waals surface area contributed by atoms with Crippen LogP contribution in [0, 0.1) is 13.8 Å². The SMILES string of the molecule is CCN1C[C@H](C)N(c2nc3c(C(C)C)c(-c4cn5ncnc5c(C)c4C)[nH]c3s2)CC1(C)C. The number of rotatable bonds is 4. The van der Waals surface area contributed by atoms with Crippen LogP contribution in [0.1, 0.15) is 64.2 Å². The number of hydrogen-bond acceptors (Lipinski definition) is 6. The lowest BCUT2D eigenvalue weighted by Gasteiger charge is -2.50. The molecule has 176 valence electrons. The lowest BCUT2D eigenvalue weighted by molar-refractivity contribution is 0.0935. The molecule has 1 fully saturated rings. The van der Waals surface area contributed by atoms with E-state index < -0.39 is 0 Å². The molecule has 4 aromatic rings. The van der Waals surface area contributed by atoms with E-state index in [0.29, 0.717) is 12.0 Å². The van der Waals surface area contributed by atoms with E-state index in [1.165, 1.54) is 16.7 Å². The van der Waals surface area contributed by atoms with Gasteiger partial charge in [0.25, 0.3) is 0 Å². The van der Waals surface area contributed by atoms with Gasteiger partial charge in [0.2, 0.25) is 0 Å². The van der Waals surface area contributed by atoms with Crippen LogP contribution >= 0.6 is 11.3 Å². The molecule has 1 aliphatic rings. The van der Waals surface area contributed by atoms with Crippen molar-refractivity contribution in [2.24, 2.45) is 0 Å². The topological polar surface area (TPSA) is 65.3 Å². The summed E-state index contributed by atoms with van der Waals surface area (Å²) >= 11 is 1.79. The fourth-order valence-electron chi connectivity index (χ4n) is 5.38. The molecule has 1 saturated heterocycles. The first kappa shape index (κ1) is 22.3. The number of H-pyrrole nitrogens is 1. The van der Waals surface area contributed by atoms with E-state index in [4.69, 9.17) is 4.98 Å². The minimum absolute atomic E-state index is 0.133. The summed E-state index contributed by atoms with van der Waals surface area (Å²) in [6, 6.07) is 0.440. The van der Waals surface area contributed by atoms with Gasteiger partial charge in [-0.05, 0) is 58.2 Å². The summed E-state index contributed by atoms with van der Waals surface area (Å²) in [4.78, 5) is 19.7. The van der Waals surface area contributed by atoms with E-state index in [1.54, 1.807) is 17.7 Å². The van der Waals surface area contributed by atoms with Gasteiger partial charge in [-0.25, -0.2) is 14.5 Å². The number of aromatic nitrogens is 5. The summed E-state index contributed by atoms with van der Waals surface area (Å²) in [5, 5.41) is 5.53. The number of likely N-dealkylation sites (N-methyl/N-ethyl adjacent to an activating group) is 1. The summed E-state index contributed by atoms with van der Waals surface area (Å²) < 4.78 is 1.88. The van der Waals surface area contributed by atoms with Gasteiger partial charge >= 0.3 is 0 Å². The second-order valence-corrected chi connectivity index (χ2v) is 11.4. The van der Waals surface area contributed by atoms with Crippen LogP contribution in [0.5, 0.6) is 0 Å². The molecule has 0 bridgehead atoms. The standard InChI is InChI=1S/C25H35N7S/c1-9-30-10-15(4)31(12-25(30,7)8)24-29-21-19(14(2)3)20(28-23(21)33-24)18-11-32-22(26-13-27-32)17(6)16(18)5/h11,13-15,28H,9-10,12H2,1-8H3/t15-/m0/s1. The normalized spacial score (nSPS) is 19.4. The maximum Gasteiger partial charge on any atom is 0.188 e. The largest absolute Gasteiger partial charge is 0.344 e. The van der Waals surface area contributed by atoms with Gasteiger partial charge in [-0.1, -0.05) is 32.1 Å². The Morgan fingerprint density at radius 2 is 2.00 bits per heavy atom. The number of anilines is 1. The Balaban J connectivity index is 1.61. The summed E-state index contributed by atoms with van der Waals surface area (Å²) in [6.07, 6.45) is 3.72. The quantitative estimate of drug-likeness (QED) is 0.438. The maximum atomic E-state index is 5.23. The number of aryl methyl sites for hydroxylation is 1. The van der Waals surface area contributed by atoms with Crippen LogP contribution in [0.3, 0.4) is 0 Å². The molecule has 5 rings (SSSR count). The number of piperazine rings is 1. The van der Waals surface area contributed by atoms with E-state index in [1.807, 2.05) is 4.52 Å². The van der Waals surface area contributed by atoms with Gasteiger partial charge in [0, 0.05) is 42.0 Å². The zero-order valence-electron chi connectivity index (χ0n) is 21.0. The number of aromatic amines is 1. The van der Waals surface area contributed by atoms with Crippen LogP contribution in [0.2, 0.25) is 0 Å². The van der Waals surface area contributed by atoms with E-state index in [2.05, 4.69) is 86.5 Å². The van der Waals surface area contributed by atoms with Gasteiger partial charge in [0.1, 0.15) is 16.7 Å². The predicted octanol–water partition coefficient (Wildman–Crippen LogP) is 5.38. The molecule has 5 heterocycles. The Morgan fingerprint density at radius 3 is 2.70 bits per heavy atom. The first-order chi connectivity index (χ1) is 15.6. The van der Waals surface area contributed by atoms with Crippen molar-refractivity contribution in [3.8, 4) is 11.3 Å². The smallest absolute Gasteiger partial charge is 0.188 e. The molecule has 7 nitrogen and oxygen atoms in total. The van der Waals surface area contributed by atoms with Crippen LogP contribution in [0.15, 0.2) is 12.5 Å². The van der Waals surface area contributed by atoms with Crippen molar-refractivity contribution in [2.75, 3.05) is 24.5 Å². The zero-order valence-corrected chi connectivity index (χ0v) is 21.8. The van der Waals surface area contributed by atoms with Crippen molar-refractivity contribution in [1.29, 1.82) is 0 Å². The van der Waals surface area contributed by atoms with Gasteiger partial charge in [-0.2, -0.15) is 5.10 Å². The van der Waals surface area contributed by atoms with Gasteiger partial charge in [-0.15, -0.1) is 0 Å². The lowest BCUT2D eigenvalue weighted by atomic mass is 9.95. The number of thiazole rings is 1. The average Bonchev–Trinajstić information content (AvgIpc) is 3.45. The highest BCUT2D eigenvalue weighted by Gasteiger charge is 2.38. The van der Waals surface area contributed by atoms with Crippen LogP contribution in [-0.4, -0.2) is 60.7 Å². The summed E-state index contributed by atoms with van der Waals surface area (Å²) in [7, 11) is 0. The monoisotopic (exact) mass is 465 g/mol. The number of pyridine rings is 1. The van der Waals surface area contributed by atoms with Crippen molar-refractivity contribution >= 4 is 32.5 Å². The molecule has 33 heavy (non-hydrogen) atoms. The highest BCUT2D eigenvalue weighted by atomic mass is 32.1. The third-order valence-corrected chi connectivity index (χ3v) is 8.42. The molecular weight excluding hydrogens is 430 g/mol. The molecule has 0 unspecified atom stereocenters. The predicted molar refractivity (Wildman–Crippen MR) is 138 cm³/mol. The van der Waals surface area contributed by atoms with Gasteiger partial charge in [-0.3, -0.25) is 4.90 Å². The first-order valence-corrected chi connectivity index (χ1v) is 12.8. The number of nitrogens with zero attached hydrogens (tertiary/aromatic N) is 6. The molecule has 1 N–H and O–H groups in total. The fourth-order valence-corrected chi connectivity index (χ4v) is 6.46. The second-order valence-electron chi connectivity index (χ2n) is 10.4. The molecular formula is C25H35N7S. The van der Waals surface area contributed by atoms with E-state index in [0.717, 1.165) is 52.0 Å². The van der Waals surface area contributed by atoms with Crippen molar-refractivity contribution < 1.29 is 0 Å². The average molecular weight is 466 g/mol. The molecule has 1 atom stereocenters. The van der Waals surface area contributed by atoms with Crippen LogP contribution in [-0.2, 0) is 0 Å². The highest BCUT2D eigenvalue weighted by Crippen LogP contribution is 2.42. The molecule has 0 amide bonds. The van der Waals surface area contributed by atoms with E-state index >= 15 is 0 Å². The Labute approximate surface area is 199 Å². The van der Waals surface area contributed by atoms with Crippen molar-refractivity contribution in [3.05, 3.63) is 29.2 Å². The van der Waals surface area contributed by atoms with Crippen LogP contribution in [0.4, 0.5) is 5.13 Å². The fraction of sp³-hybridized carbons (Fsp3) is 0.560. The van der Waals surface area contributed by atoms with Gasteiger partial charge in [0.15, 0.2) is 10.8 Å². The molecule has 8 heteroatoms. The Hall–Kier alpha value is -2.45. The Morgan fingerprint density at radius 1 is 1.24 bits per heavy atom. The Kier molecular flexibility index (Phi) is 5.29. The maximum absolute atomic E-state index is 5.23. The van der Waals surface area contributed by atoms with E-state index in [9.17, 15) is 0 Å². The van der Waals surface area contributed by atoms with Crippen molar-refractivity contribution in [3.63, 3.8) is 0 Å².